The van der Waals surface area contributed by atoms with Crippen LogP contribution in [0, 0.1) is 0 Å². The number of halogens is 4. The molecular weight excluding hydrogens is 478 g/mol. The number of hydrogen-bond acceptors (Lipinski definition) is 5. The summed E-state index contributed by atoms with van der Waals surface area (Å²) in [5.74, 6) is 0.244. The van der Waals surface area contributed by atoms with Crippen LogP contribution < -0.4 is 15.8 Å². The number of pyridine rings is 1. The maximum absolute atomic E-state index is 12.1. The normalized spacial score (nSPS) is 15.9. The van der Waals surface area contributed by atoms with Gasteiger partial charge in [-0.2, -0.15) is 13.2 Å². The van der Waals surface area contributed by atoms with Crippen molar-refractivity contribution in [3.05, 3.63) is 23.9 Å². The van der Waals surface area contributed by atoms with E-state index in [1.54, 1.807) is 6.07 Å². The van der Waals surface area contributed by atoms with Gasteiger partial charge in [0, 0.05) is 31.9 Å². The van der Waals surface area contributed by atoms with Crippen molar-refractivity contribution in [2.45, 2.75) is 19.1 Å². The molecule has 27 heavy (non-hydrogen) atoms. The molecule has 0 amide bonds. The predicted octanol–water partition coefficient (Wildman–Crippen LogP) is 1.77. The average Bonchev–Trinajstić information content (AvgIpc) is 2.63. The second-order valence-corrected chi connectivity index (χ2v) is 5.84. The molecule has 1 fully saturated rings. The molecule has 2 rings (SSSR count). The molecule has 0 radical (unpaired) electrons. The third kappa shape index (κ3) is 10.5. The van der Waals surface area contributed by atoms with Gasteiger partial charge >= 0.3 is 6.18 Å². The van der Waals surface area contributed by atoms with Crippen LogP contribution in [0.2, 0.25) is 0 Å². The van der Waals surface area contributed by atoms with Crippen molar-refractivity contribution in [2.24, 2.45) is 10.7 Å². The lowest BCUT2D eigenvalue weighted by Gasteiger charge is -2.26. The summed E-state index contributed by atoms with van der Waals surface area (Å²) in [7, 11) is 0. The Morgan fingerprint density at radius 2 is 2.07 bits per heavy atom. The Hall–Kier alpha value is -1.34. The summed E-state index contributed by atoms with van der Waals surface area (Å²) < 4.78 is 46.0. The van der Waals surface area contributed by atoms with Crippen molar-refractivity contribution in [3.63, 3.8) is 0 Å². The van der Waals surface area contributed by atoms with Crippen LogP contribution in [0.4, 0.5) is 13.2 Å². The van der Waals surface area contributed by atoms with Crippen LogP contribution in [-0.2, 0) is 11.3 Å². The Bertz CT molecular complexity index is 566. The number of alkyl halides is 3. The van der Waals surface area contributed by atoms with Crippen LogP contribution in [0.3, 0.4) is 0 Å². The van der Waals surface area contributed by atoms with E-state index in [0.717, 1.165) is 51.4 Å². The Morgan fingerprint density at radius 1 is 1.33 bits per heavy atom. The van der Waals surface area contributed by atoms with Crippen LogP contribution in [0.15, 0.2) is 23.3 Å². The van der Waals surface area contributed by atoms with Gasteiger partial charge in [-0.05, 0) is 18.5 Å². The second-order valence-electron chi connectivity index (χ2n) is 5.84. The summed E-state index contributed by atoms with van der Waals surface area (Å²) >= 11 is 0. The highest BCUT2D eigenvalue weighted by Crippen LogP contribution is 2.17. The van der Waals surface area contributed by atoms with Gasteiger partial charge in [0.25, 0.3) is 0 Å². The van der Waals surface area contributed by atoms with Crippen molar-refractivity contribution >= 4 is 29.9 Å². The molecule has 2 heterocycles. The second kappa shape index (κ2) is 12.2. The summed E-state index contributed by atoms with van der Waals surface area (Å²) in [4.78, 5) is 10.3. The molecule has 0 aliphatic carbocycles. The smallest absolute Gasteiger partial charge is 0.422 e. The number of rotatable bonds is 8. The Kier molecular flexibility index (Phi) is 10.7. The van der Waals surface area contributed by atoms with Crippen molar-refractivity contribution in [1.29, 1.82) is 0 Å². The fourth-order valence-corrected chi connectivity index (χ4v) is 2.32. The number of nitrogens with zero attached hydrogens (tertiary/aromatic N) is 3. The van der Waals surface area contributed by atoms with E-state index in [1.807, 2.05) is 0 Å². The molecule has 1 aromatic rings. The molecule has 0 atom stereocenters. The van der Waals surface area contributed by atoms with E-state index in [0.29, 0.717) is 5.96 Å². The predicted molar refractivity (Wildman–Crippen MR) is 106 cm³/mol. The van der Waals surface area contributed by atoms with E-state index < -0.39 is 12.8 Å². The molecule has 0 spiro atoms. The van der Waals surface area contributed by atoms with Crippen molar-refractivity contribution in [3.8, 4) is 5.88 Å². The minimum absolute atomic E-state index is 0. The molecule has 1 saturated heterocycles. The summed E-state index contributed by atoms with van der Waals surface area (Å²) in [5, 5.41) is 3.04. The van der Waals surface area contributed by atoms with Gasteiger partial charge in [-0.25, -0.2) is 9.98 Å². The highest BCUT2D eigenvalue weighted by molar-refractivity contribution is 14.0. The first-order chi connectivity index (χ1) is 12.4. The molecule has 154 valence electrons. The van der Waals surface area contributed by atoms with Crippen molar-refractivity contribution in [2.75, 3.05) is 46.0 Å². The first-order valence-corrected chi connectivity index (χ1v) is 8.41. The number of hydrogen-bond donors (Lipinski definition) is 2. The number of ether oxygens (including phenoxy) is 2. The number of guanidine groups is 1. The molecule has 0 saturated carbocycles. The Labute approximate surface area is 173 Å². The first kappa shape index (κ1) is 23.7. The first-order valence-electron chi connectivity index (χ1n) is 8.41. The maximum Gasteiger partial charge on any atom is 0.422 e. The number of morpholine rings is 1. The summed E-state index contributed by atoms with van der Waals surface area (Å²) in [6.07, 6.45) is -2.02. The van der Waals surface area contributed by atoms with E-state index in [9.17, 15) is 13.2 Å². The van der Waals surface area contributed by atoms with Crippen LogP contribution in [0.25, 0.3) is 0 Å². The third-order valence-corrected chi connectivity index (χ3v) is 3.67. The van der Waals surface area contributed by atoms with Gasteiger partial charge in [0.15, 0.2) is 12.6 Å². The van der Waals surface area contributed by atoms with E-state index in [1.165, 1.54) is 12.3 Å². The molecular formula is C16H25F3IN5O2. The quantitative estimate of drug-likeness (QED) is 0.244. The van der Waals surface area contributed by atoms with Gasteiger partial charge in [0.2, 0.25) is 5.88 Å². The lowest BCUT2D eigenvalue weighted by Crippen LogP contribution is -2.39. The van der Waals surface area contributed by atoms with E-state index in [-0.39, 0.29) is 36.4 Å². The van der Waals surface area contributed by atoms with Gasteiger partial charge < -0.3 is 20.5 Å². The van der Waals surface area contributed by atoms with Crippen LogP contribution in [-0.4, -0.2) is 68.0 Å². The fraction of sp³-hybridized carbons (Fsp3) is 0.625. The van der Waals surface area contributed by atoms with Crippen LogP contribution in [0.5, 0.6) is 5.88 Å². The summed E-state index contributed by atoms with van der Waals surface area (Å²) in [6, 6.07) is 2.98. The van der Waals surface area contributed by atoms with Crippen molar-refractivity contribution in [1.82, 2.24) is 15.2 Å². The van der Waals surface area contributed by atoms with E-state index >= 15 is 0 Å². The van der Waals surface area contributed by atoms with Crippen LogP contribution >= 0.6 is 24.0 Å². The van der Waals surface area contributed by atoms with Gasteiger partial charge in [-0.1, -0.05) is 6.07 Å². The minimum atomic E-state index is -4.38. The molecule has 7 nitrogen and oxygen atoms in total. The Balaban J connectivity index is 0.00000364. The lowest BCUT2D eigenvalue weighted by molar-refractivity contribution is -0.154. The van der Waals surface area contributed by atoms with Gasteiger partial charge in [0.05, 0.1) is 19.8 Å². The maximum atomic E-state index is 12.1. The van der Waals surface area contributed by atoms with Gasteiger partial charge in [-0.3, -0.25) is 4.90 Å². The van der Waals surface area contributed by atoms with Crippen molar-refractivity contribution < 1.29 is 22.6 Å². The third-order valence-electron chi connectivity index (χ3n) is 3.67. The summed E-state index contributed by atoms with van der Waals surface area (Å²) in [5.41, 5.74) is 6.53. The van der Waals surface area contributed by atoms with E-state index in [4.69, 9.17) is 10.5 Å². The highest BCUT2D eigenvalue weighted by Gasteiger charge is 2.28. The van der Waals surface area contributed by atoms with Crippen LogP contribution in [0.1, 0.15) is 12.0 Å². The molecule has 1 aliphatic heterocycles. The fourth-order valence-electron chi connectivity index (χ4n) is 2.32. The minimum Gasteiger partial charge on any atom is -0.468 e. The number of aliphatic imine (C=N–C) groups is 1. The SMILES string of the molecule is I.NC(=NCc1ccc(OCC(F)(F)F)nc1)NCCCN1CCOCC1. The zero-order valence-electron chi connectivity index (χ0n) is 14.9. The Morgan fingerprint density at radius 3 is 2.70 bits per heavy atom. The zero-order chi connectivity index (χ0) is 18.8. The largest absolute Gasteiger partial charge is 0.468 e. The standard InChI is InChI=1S/C16H24F3N5O2.HI/c17-16(18,19)12-26-14-3-2-13(10-22-14)11-23-15(20)21-4-1-5-24-6-8-25-9-7-24;/h2-3,10H,1,4-9,11-12H2,(H3,20,21,23);1H. The van der Waals surface area contributed by atoms with E-state index in [2.05, 4.69) is 24.9 Å². The van der Waals surface area contributed by atoms with Gasteiger partial charge in [0.1, 0.15) is 0 Å². The number of nitrogens with one attached hydrogen (secondary N) is 1. The number of nitrogens with two attached hydrogens (primary N) is 1. The molecule has 1 aliphatic rings. The topological polar surface area (TPSA) is 85.0 Å². The molecule has 0 bridgehead atoms. The molecule has 1 aromatic heterocycles. The monoisotopic (exact) mass is 503 g/mol. The summed E-state index contributed by atoms with van der Waals surface area (Å²) in [6.45, 7) is 4.10. The molecule has 11 heteroatoms. The highest BCUT2D eigenvalue weighted by atomic mass is 127. The number of aromatic nitrogens is 1. The average molecular weight is 503 g/mol. The van der Waals surface area contributed by atoms with Gasteiger partial charge in [-0.15, -0.1) is 24.0 Å². The molecule has 0 aromatic carbocycles. The molecule has 0 unspecified atom stereocenters. The zero-order valence-corrected chi connectivity index (χ0v) is 17.2. The lowest BCUT2D eigenvalue weighted by atomic mass is 10.3. The molecule has 3 N–H and O–H groups in total.